The molecule has 0 unspecified atom stereocenters. The second-order valence-corrected chi connectivity index (χ2v) is 10.4. The molecular weight excluding hydrogens is 400 g/mol. The molecule has 1 saturated carbocycles. The number of hydrogen-bond acceptors (Lipinski definition) is 3. The maximum absolute atomic E-state index is 13.4. The fourth-order valence-electron chi connectivity index (χ4n) is 6.17. The topological polar surface area (TPSA) is 47.1 Å². The molecule has 0 atom stereocenters. The maximum atomic E-state index is 13.4. The lowest BCUT2D eigenvalue weighted by atomic mass is 9.72. The fourth-order valence-corrected chi connectivity index (χ4v) is 6.17. The zero-order chi connectivity index (χ0) is 22.0. The molecule has 3 aliphatic heterocycles. The van der Waals surface area contributed by atoms with Gasteiger partial charge >= 0.3 is 6.03 Å². The molecule has 4 aliphatic rings. The first kappa shape index (κ1) is 21.7. The highest BCUT2D eigenvalue weighted by Crippen LogP contribution is 2.40. The highest BCUT2D eigenvalue weighted by molar-refractivity contribution is 5.94. The predicted molar refractivity (Wildman–Crippen MR) is 126 cm³/mol. The third-order valence-corrected chi connectivity index (χ3v) is 8.46. The van der Waals surface area contributed by atoms with Crippen LogP contribution in [0, 0.1) is 5.41 Å². The minimum atomic E-state index is 0.143. The summed E-state index contributed by atoms with van der Waals surface area (Å²) in [6, 6.07) is 10.6. The summed E-state index contributed by atoms with van der Waals surface area (Å²) < 4.78 is 0. The van der Waals surface area contributed by atoms with E-state index in [-0.39, 0.29) is 17.4 Å². The highest BCUT2D eigenvalue weighted by Gasteiger charge is 2.41. The molecule has 3 heterocycles. The second-order valence-electron chi connectivity index (χ2n) is 10.4. The summed E-state index contributed by atoms with van der Waals surface area (Å²) in [6.45, 7) is 7.29. The van der Waals surface area contributed by atoms with E-state index in [4.69, 9.17) is 0 Å². The number of amides is 3. The summed E-state index contributed by atoms with van der Waals surface area (Å²) in [7, 11) is 0. The Hall–Kier alpha value is -2.08. The van der Waals surface area contributed by atoms with E-state index in [0.29, 0.717) is 0 Å². The minimum Gasteiger partial charge on any atom is -0.339 e. The molecule has 0 N–H and O–H groups in total. The van der Waals surface area contributed by atoms with Crippen molar-refractivity contribution < 1.29 is 9.59 Å². The molecule has 3 saturated heterocycles. The average molecular weight is 439 g/mol. The van der Waals surface area contributed by atoms with E-state index in [2.05, 4.69) is 14.7 Å². The van der Waals surface area contributed by atoms with Gasteiger partial charge in [0.05, 0.1) is 0 Å². The number of piperidine rings is 2. The van der Waals surface area contributed by atoms with Gasteiger partial charge in [0.1, 0.15) is 0 Å². The SMILES string of the molecule is O=C(c1ccccc1)N1CCC2(CCCN(C(=O)N3CCCN(C4CCC4)CC3)C2)CC1. The number of nitrogens with zero attached hydrogens (tertiary/aromatic N) is 4. The van der Waals surface area contributed by atoms with Crippen LogP contribution in [0.2, 0.25) is 0 Å². The van der Waals surface area contributed by atoms with E-state index in [0.717, 1.165) is 89.6 Å². The zero-order valence-corrected chi connectivity index (χ0v) is 19.4. The summed E-state index contributed by atoms with van der Waals surface area (Å²) in [5.74, 6) is 0.143. The minimum absolute atomic E-state index is 0.143. The Morgan fingerprint density at radius 2 is 1.47 bits per heavy atom. The molecule has 3 amide bonds. The lowest BCUT2D eigenvalue weighted by Gasteiger charge is -2.48. The van der Waals surface area contributed by atoms with Gasteiger partial charge in [0, 0.05) is 64.0 Å². The molecule has 6 nitrogen and oxygen atoms in total. The molecule has 32 heavy (non-hydrogen) atoms. The van der Waals surface area contributed by atoms with E-state index < -0.39 is 0 Å². The number of likely N-dealkylation sites (tertiary alicyclic amines) is 2. The van der Waals surface area contributed by atoms with Crippen LogP contribution in [0.15, 0.2) is 30.3 Å². The van der Waals surface area contributed by atoms with Crippen LogP contribution in [0.25, 0.3) is 0 Å². The van der Waals surface area contributed by atoms with Crippen LogP contribution in [-0.2, 0) is 0 Å². The van der Waals surface area contributed by atoms with Crippen LogP contribution in [0.3, 0.4) is 0 Å². The van der Waals surface area contributed by atoms with Crippen LogP contribution in [0.5, 0.6) is 0 Å². The molecule has 1 aromatic rings. The van der Waals surface area contributed by atoms with Gasteiger partial charge in [-0.15, -0.1) is 0 Å². The largest absolute Gasteiger partial charge is 0.339 e. The summed E-state index contributed by atoms with van der Waals surface area (Å²) >= 11 is 0. The van der Waals surface area contributed by atoms with Crippen molar-refractivity contribution in [3.05, 3.63) is 35.9 Å². The first-order valence-electron chi connectivity index (χ1n) is 12.8. The van der Waals surface area contributed by atoms with Crippen LogP contribution < -0.4 is 0 Å². The molecule has 4 fully saturated rings. The van der Waals surface area contributed by atoms with Crippen LogP contribution >= 0.6 is 0 Å². The van der Waals surface area contributed by atoms with E-state index in [1.54, 1.807) is 0 Å². The molecule has 1 aliphatic carbocycles. The van der Waals surface area contributed by atoms with Crippen molar-refractivity contribution >= 4 is 11.9 Å². The van der Waals surface area contributed by atoms with Crippen molar-refractivity contribution in [2.75, 3.05) is 52.4 Å². The van der Waals surface area contributed by atoms with Gasteiger partial charge in [-0.1, -0.05) is 24.6 Å². The van der Waals surface area contributed by atoms with Crippen molar-refractivity contribution in [2.45, 2.75) is 57.4 Å². The normalized spacial score (nSPS) is 24.8. The van der Waals surface area contributed by atoms with Gasteiger partial charge < -0.3 is 14.7 Å². The molecule has 1 spiro atoms. The molecule has 6 heteroatoms. The first-order chi connectivity index (χ1) is 15.6. The third kappa shape index (κ3) is 4.52. The van der Waals surface area contributed by atoms with Gasteiger partial charge in [-0.2, -0.15) is 0 Å². The van der Waals surface area contributed by atoms with Crippen LogP contribution in [0.4, 0.5) is 4.79 Å². The Labute approximate surface area is 192 Å². The number of urea groups is 1. The van der Waals surface area contributed by atoms with Crippen molar-refractivity contribution in [1.29, 1.82) is 0 Å². The summed E-state index contributed by atoms with van der Waals surface area (Å²) in [4.78, 5) is 35.1. The second kappa shape index (κ2) is 9.42. The maximum Gasteiger partial charge on any atom is 0.320 e. The lowest BCUT2D eigenvalue weighted by Crippen LogP contribution is -2.55. The first-order valence-corrected chi connectivity index (χ1v) is 12.8. The summed E-state index contributed by atoms with van der Waals surface area (Å²) in [5, 5.41) is 0. The van der Waals surface area contributed by atoms with E-state index in [1.807, 2.05) is 35.2 Å². The number of benzene rings is 1. The van der Waals surface area contributed by atoms with E-state index >= 15 is 0 Å². The van der Waals surface area contributed by atoms with Gasteiger partial charge in [-0.05, 0) is 62.5 Å². The monoisotopic (exact) mass is 438 g/mol. The van der Waals surface area contributed by atoms with Gasteiger partial charge in [-0.3, -0.25) is 9.69 Å². The Bertz CT molecular complexity index is 801. The van der Waals surface area contributed by atoms with Crippen molar-refractivity contribution in [1.82, 2.24) is 19.6 Å². The van der Waals surface area contributed by atoms with Gasteiger partial charge in [0.2, 0.25) is 0 Å². The average Bonchev–Trinajstić information content (AvgIpc) is 3.04. The molecule has 0 bridgehead atoms. The van der Waals surface area contributed by atoms with Gasteiger partial charge in [0.15, 0.2) is 0 Å². The zero-order valence-electron chi connectivity index (χ0n) is 19.4. The Morgan fingerprint density at radius 3 is 2.19 bits per heavy atom. The lowest BCUT2D eigenvalue weighted by molar-refractivity contribution is 0.0268. The summed E-state index contributed by atoms with van der Waals surface area (Å²) in [5.41, 5.74) is 0.964. The number of rotatable bonds is 2. The summed E-state index contributed by atoms with van der Waals surface area (Å²) in [6.07, 6.45) is 9.42. The number of carbonyl (C=O) groups is 2. The Balaban J connectivity index is 1.16. The standard InChI is InChI=1S/C26H38N4O2/c31-24(22-7-2-1-3-8-22)28-17-12-26(13-18-28)11-5-14-30(21-26)25(32)29-16-6-15-27(19-20-29)23-9-4-10-23/h1-3,7-8,23H,4-6,9-21H2. The van der Waals surface area contributed by atoms with Gasteiger partial charge in [-0.25, -0.2) is 4.79 Å². The predicted octanol–water partition coefficient (Wildman–Crippen LogP) is 3.69. The molecule has 174 valence electrons. The Kier molecular flexibility index (Phi) is 6.40. The molecule has 1 aromatic carbocycles. The smallest absolute Gasteiger partial charge is 0.320 e. The van der Waals surface area contributed by atoms with Crippen molar-refractivity contribution in [2.24, 2.45) is 5.41 Å². The van der Waals surface area contributed by atoms with Crippen molar-refractivity contribution in [3.63, 3.8) is 0 Å². The number of carbonyl (C=O) groups excluding carboxylic acids is 2. The van der Waals surface area contributed by atoms with E-state index in [1.165, 1.54) is 25.7 Å². The van der Waals surface area contributed by atoms with E-state index in [9.17, 15) is 9.59 Å². The highest BCUT2D eigenvalue weighted by atomic mass is 16.2. The number of hydrogen-bond donors (Lipinski definition) is 0. The fraction of sp³-hybridized carbons (Fsp3) is 0.692. The quantitative estimate of drug-likeness (QED) is 0.708. The molecule has 0 aromatic heterocycles. The third-order valence-electron chi connectivity index (χ3n) is 8.46. The molecular formula is C26H38N4O2. The van der Waals surface area contributed by atoms with Gasteiger partial charge in [0.25, 0.3) is 5.91 Å². The van der Waals surface area contributed by atoms with Crippen LogP contribution in [-0.4, -0.2) is 89.9 Å². The van der Waals surface area contributed by atoms with Crippen molar-refractivity contribution in [3.8, 4) is 0 Å². The molecule has 5 rings (SSSR count). The van der Waals surface area contributed by atoms with Crippen LogP contribution in [0.1, 0.15) is 61.7 Å². The Morgan fingerprint density at radius 1 is 0.719 bits per heavy atom. The molecule has 0 radical (unpaired) electrons.